The van der Waals surface area contributed by atoms with Crippen LogP contribution in [0.4, 0.5) is 0 Å². The molecule has 0 spiro atoms. The van der Waals surface area contributed by atoms with Crippen molar-refractivity contribution in [2.75, 3.05) is 13.2 Å². The molecule has 0 saturated carbocycles. The second kappa shape index (κ2) is 3.56. The van der Waals surface area contributed by atoms with E-state index in [1.165, 1.54) is 0 Å². The average molecular weight is 76.1 g/mol. The average Bonchev–Trinajstić information content (AvgIpc) is 2.19. The number of hydrogen-bond donors (Lipinski definition) is 0. The van der Waals surface area contributed by atoms with Crippen LogP contribution in [0.5, 0.6) is 0 Å². The Balaban J connectivity index is 0.0000000733. The van der Waals surface area contributed by atoms with Gasteiger partial charge in [0.2, 0.25) is 0 Å². The van der Waals surface area contributed by atoms with Crippen LogP contribution in [-0.4, -0.2) is 13.2 Å². The van der Waals surface area contributed by atoms with Gasteiger partial charge in [0.25, 0.3) is 0 Å². The zero-order valence-corrected chi connectivity index (χ0v) is 2.64. The molecule has 3 heteroatoms. The standard InChI is InChI=1S/C2H4O.O2/c1-2-3-1;1-2/h1-2H2;. The summed E-state index contributed by atoms with van der Waals surface area (Å²) in [5.74, 6) is 0. The van der Waals surface area contributed by atoms with E-state index in [1.807, 2.05) is 0 Å². The second-order valence-electron chi connectivity index (χ2n) is 0.612. The quantitative estimate of drug-likeness (QED) is 0.384. The zero-order chi connectivity index (χ0) is 4.12. The van der Waals surface area contributed by atoms with E-state index in [0.717, 1.165) is 13.2 Å². The molecule has 0 N–H and O–H groups in total. The van der Waals surface area contributed by atoms with Gasteiger partial charge in [-0.05, 0) is 0 Å². The molecule has 1 saturated heterocycles. The molecule has 1 aliphatic rings. The fourth-order valence-electron chi connectivity index (χ4n) is 0. The maximum Gasteiger partial charge on any atom is 0.0701 e. The van der Waals surface area contributed by atoms with E-state index in [-0.39, 0.29) is 0 Å². The summed E-state index contributed by atoms with van der Waals surface area (Å²) in [5, 5.41) is 0. The molecular weight excluding hydrogens is 72.0 g/mol. The maximum absolute atomic E-state index is 7.00. The van der Waals surface area contributed by atoms with Crippen molar-refractivity contribution in [2.24, 2.45) is 0 Å². The van der Waals surface area contributed by atoms with E-state index in [9.17, 15) is 0 Å². The monoisotopic (exact) mass is 76.0 g/mol. The minimum Gasteiger partial charge on any atom is -0.377 e. The van der Waals surface area contributed by atoms with Crippen molar-refractivity contribution < 1.29 is 4.74 Å². The number of ether oxygens (including phenoxy) is 1. The predicted octanol–water partition coefficient (Wildman–Crippen LogP) is 0.0836. The third-order valence-corrected chi connectivity index (χ3v) is 0.204. The fraction of sp³-hybridized carbons (Fsp3) is 1.00. The van der Waals surface area contributed by atoms with Gasteiger partial charge in [0.15, 0.2) is 0 Å². The van der Waals surface area contributed by atoms with E-state index in [1.54, 1.807) is 0 Å². The van der Waals surface area contributed by atoms with Crippen LogP contribution in [0.3, 0.4) is 0 Å². The highest BCUT2D eigenvalue weighted by atomic mass is 16.7. The molecule has 0 aromatic carbocycles. The van der Waals surface area contributed by atoms with Gasteiger partial charge < -0.3 is 4.74 Å². The van der Waals surface area contributed by atoms with Gasteiger partial charge in [-0.3, -0.25) is 0 Å². The molecule has 30 valence electrons. The Morgan fingerprint density at radius 3 is 1.40 bits per heavy atom. The van der Waals surface area contributed by atoms with Crippen molar-refractivity contribution >= 4 is 0 Å². The van der Waals surface area contributed by atoms with Crippen LogP contribution in [0.1, 0.15) is 0 Å². The smallest absolute Gasteiger partial charge is 0.0701 e. The first-order chi connectivity index (χ1) is 2.50. The summed E-state index contributed by atoms with van der Waals surface area (Å²) in [4.78, 5) is 14.0. The Bertz CT molecular complexity index is 16.1. The summed E-state index contributed by atoms with van der Waals surface area (Å²) in [6.07, 6.45) is 0. The first-order valence-corrected chi connectivity index (χ1v) is 1.24. The molecule has 1 heterocycles. The Labute approximate surface area is 29.2 Å². The lowest BCUT2D eigenvalue weighted by Crippen LogP contribution is -1.20. The third kappa shape index (κ3) is 27.6. The van der Waals surface area contributed by atoms with Crippen molar-refractivity contribution in [3.63, 3.8) is 0 Å². The highest BCUT2D eigenvalue weighted by Gasteiger charge is 1.94. The van der Waals surface area contributed by atoms with Crippen LogP contribution >= 0.6 is 0 Å². The lowest BCUT2D eigenvalue weighted by atomic mass is 11.0. The molecule has 0 aromatic rings. The highest BCUT2D eigenvalue weighted by Crippen LogP contribution is 1.84. The molecule has 0 aliphatic carbocycles. The van der Waals surface area contributed by atoms with Crippen molar-refractivity contribution in [2.45, 2.75) is 0 Å². The molecule has 0 bridgehead atoms. The van der Waals surface area contributed by atoms with E-state index < -0.39 is 0 Å². The van der Waals surface area contributed by atoms with Crippen molar-refractivity contribution in [1.29, 1.82) is 0 Å². The molecule has 5 heavy (non-hydrogen) atoms. The molecule has 0 radical (unpaired) electrons. The summed E-state index contributed by atoms with van der Waals surface area (Å²) in [6.45, 7) is 2.00. The largest absolute Gasteiger partial charge is 0.377 e. The minimum atomic E-state index is 1.00. The first kappa shape index (κ1) is 4.56. The summed E-state index contributed by atoms with van der Waals surface area (Å²) < 4.78 is 4.50. The van der Waals surface area contributed by atoms with E-state index >= 15 is 0 Å². The van der Waals surface area contributed by atoms with Crippen molar-refractivity contribution in [1.82, 2.24) is 0 Å². The van der Waals surface area contributed by atoms with E-state index in [2.05, 4.69) is 4.74 Å². The zero-order valence-electron chi connectivity index (χ0n) is 2.64. The van der Waals surface area contributed by atoms with Gasteiger partial charge in [-0.2, -0.15) is 0 Å². The molecule has 1 aliphatic heterocycles. The topological polar surface area (TPSA) is 46.7 Å². The molecule has 1 fully saturated rings. The van der Waals surface area contributed by atoms with Crippen LogP contribution in [0.25, 0.3) is 0 Å². The van der Waals surface area contributed by atoms with Gasteiger partial charge in [-0.1, -0.05) is 0 Å². The Morgan fingerprint density at radius 2 is 1.40 bits per heavy atom. The summed E-state index contributed by atoms with van der Waals surface area (Å²) in [6, 6.07) is 0. The predicted molar refractivity (Wildman–Crippen MR) is 17.6 cm³/mol. The van der Waals surface area contributed by atoms with Crippen LogP contribution in [0.15, 0.2) is 0 Å². The van der Waals surface area contributed by atoms with Gasteiger partial charge >= 0.3 is 0 Å². The van der Waals surface area contributed by atoms with Crippen LogP contribution in [0, 0.1) is 9.93 Å². The van der Waals surface area contributed by atoms with Crippen molar-refractivity contribution in [3.05, 3.63) is 9.93 Å². The number of rotatable bonds is 0. The third-order valence-electron chi connectivity index (χ3n) is 0.204. The maximum atomic E-state index is 7.00. The Hall–Kier alpha value is -0.440. The van der Waals surface area contributed by atoms with Gasteiger partial charge in [-0.25, -0.2) is 0 Å². The molecule has 0 unspecified atom stereocenters. The van der Waals surface area contributed by atoms with Gasteiger partial charge in [-0.15, -0.1) is 0 Å². The molecular formula is C2H4O3. The SMILES string of the molecule is C1CO1.O=O. The second-order valence-corrected chi connectivity index (χ2v) is 0.612. The van der Waals surface area contributed by atoms with E-state index in [0.29, 0.717) is 0 Å². The number of epoxide rings is 1. The lowest BCUT2D eigenvalue weighted by Gasteiger charge is -1.24. The minimum absolute atomic E-state index is 1.00. The van der Waals surface area contributed by atoms with Crippen LogP contribution in [0.2, 0.25) is 0 Å². The molecule has 0 aromatic heterocycles. The number of hydrogen-bond acceptors (Lipinski definition) is 3. The Morgan fingerprint density at radius 1 is 1.20 bits per heavy atom. The van der Waals surface area contributed by atoms with Crippen molar-refractivity contribution in [3.8, 4) is 0 Å². The van der Waals surface area contributed by atoms with E-state index in [4.69, 9.17) is 9.93 Å². The van der Waals surface area contributed by atoms with Gasteiger partial charge in [0, 0.05) is 9.93 Å². The summed E-state index contributed by atoms with van der Waals surface area (Å²) in [7, 11) is 0. The van der Waals surface area contributed by atoms with Gasteiger partial charge in [0.05, 0.1) is 13.2 Å². The molecule has 0 amide bonds. The van der Waals surface area contributed by atoms with Crippen LogP contribution in [-0.2, 0) is 4.74 Å². The summed E-state index contributed by atoms with van der Waals surface area (Å²) in [5.41, 5.74) is 0. The molecule has 3 nitrogen and oxygen atoms in total. The van der Waals surface area contributed by atoms with Crippen LogP contribution < -0.4 is 0 Å². The highest BCUT2D eigenvalue weighted by molar-refractivity contribution is 4.36. The molecule has 1 rings (SSSR count). The lowest BCUT2D eigenvalue weighted by molar-refractivity contribution is 0.475. The normalized spacial score (nSPS) is 15.2. The molecule has 0 atom stereocenters. The first-order valence-electron chi connectivity index (χ1n) is 1.24. The fourth-order valence-corrected chi connectivity index (χ4v) is 0. The van der Waals surface area contributed by atoms with Gasteiger partial charge in [0.1, 0.15) is 0 Å². The Kier molecular flexibility index (Phi) is 3.25. The summed E-state index contributed by atoms with van der Waals surface area (Å²) >= 11 is 0.